The topological polar surface area (TPSA) is 12.0 Å². The fourth-order valence-corrected chi connectivity index (χ4v) is 1.35. The Bertz CT molecular complexity index is 254. The third-order valence-corrected chi connectivity index (χ3v) is 2.26. The smallest absolute Gasteiger partial charge is 0.0245 e. The Labute approximate surface area is 74.2 Å². The molecule has 0 amide bonds. The van der Waals surface area contributed by atoms with Gasteiger partial charge in [0.1, 0.15) is 0 Å². The molecule has 1 heteroatoms. The van der Waals surface area contributed by atoms with Crippen molar-refractivity contribution in [3.05, 3.63) is 42.2 Å². The van der Waals surface area contributed by atoms with E-state index in [2.05, 4.69) is 42.8 Å². The molecule has 0 radical (unpaired) electrons. The molecule has 0 fully saturated rings. The Morgan fingerprint density at radius 1 is 1.58 bits per heavy atom. The van der Waals surface area contributed by atoms with Crippen LogP contribution in [-0.2, 0) is 0 Å². The van der Waals surface area contributed by atoms with Crippen LogP contribution in [0.4, 0.5) is 0 Å². The van der Waals surface area contributed by atoms with E-state index in [1.165, 1.54) is 5.57 Å². The molecule has 0 saturated heterocycles. The van der Waals surface area contributed by atoms with Crippen molar-refractivity contribution >= 4 is 0 Å². The molecule has 0 bridgehead atoms. The van der Waals surface area contributed by atoms with E-state index in [4.69, 9.17) is 0 Å². The second-order valence-electron chi connectivity index (χ2n) is 2.98. The van der Waals surface area contributed by atoms with E-state index < -0.39 is 0 Å². The lowest BCUT2D eigenvalue weighted by Gasteiger charge is -2.21. The van der Waals surface area contributed by atoms with Gasteiger partial charge in [-0.25, -0.2) is 0 Å². The summed E-state index contributed by atoms with van der Waals surface area (Å²) in [5, 5.41) is 3.23. The van der Waals surface area contributed by atoms with Gasteiger partial charge in [-0.2, -0.15) is 0 Å². The molecule has 1 N–H and O–H groups in total. The minimum atomic E-state index is 0.414. The summed E-state index contributed by atoms with van der Waals surface area (Å²) < 4.78 is 0. The predicted octanol–water partition coefficient (Wildman–Crippen LogP) is 2.05. The molecule has 1 aliphatic carbocycles. The van der Waals surface area contributed by atoms with Gasteiger partial charge in [0.15, 0.2) is 0 Å². The molecule has 0 aliphatic heterocycles. The molecule has 0 aromatic heterocycles. The maximum atomic E-state index is 3.68. The predicted molar refractivity (Wildman–Crippen MR) is 52.9 cm³/mol. The van der Waals surface area contributed by atoms with Gasteiger partial charge in [0.05, 0.1) is 0 Å². The van der Waals surface area contributed by atoms with Crippen molar-refractivity contribution in [2.24, 2.45) is 5.92 Å². The van der Waals surface area contributed by atoms with Crippen LogP contribution in [0, 0.1) is 5.92 Å². The summed E-state index contributed by atoms with van der Waals surface area (Å²) in [5.41, 5.74) is 4.12. The first-order valence-electron chi connectivity index (χ1n) is 4.21. The summed E-state index contributed by atoms with van der Waals surface area (Å²) >= 11 is 0. The van der Waals surface area contributed by atoms with E-state index in [1.54, 1.807) is 0 Å². The molecule has 64 valence electrons. The summed E-state index contributed by atoms with van der Waals surface area (Å²) in [4.78, 5) is 0. The molecular formula is C11H15N. The van der Waals surface area contributed by atoms with E-state index >= 15 is 0 Å². The summed E-state index contributed by atoms with van der Waals surface area (Å²) in [6, 6.07) is 0.440. The van der Waals surface area contributed by atoms with Gasteiger partial charge in [-0.05, 0) is 14.0 Å². The van der Waals surface area contributed by atoms with Crippen molar-refractivity contribution in [1.82, 2.24) is 5.32 Å². The zero-order valence-electron chi connectivity index (χ0n) is 7.67. The Morgan fingerprint density at radius 2 is 2.33 bits per heavy atom. The molecule has 0 heterocycles. The molecule has 12 heavy (non-hydrogen) atoms. The van der Waals surface area contributed by atoms with E-state index in [1.807, 2.05) is 13.1 Å². The van der Waals surface area contributed by atoms with Crippen LogP contribution in [0.2, 0.25) is 0 Å². The van der Waals surface area contributed by atoms with Crippen LogP contribution >= 0.6 is 0 Å². The average molecular weight is 161 g/mol. The zero-order valence-corrected chi connectivity index (χ0v) is 7.67. The maximum Gasteiger partial charge on any atom is 0.0245 e. The Balaban J connectivity index is 2.83. The first-order valence-corrected chi connectivity index (χ1v) is 4.21. The monoisotopic (exact) mass is 161 g/mol. The van der Waals surface area contributed by atoms with Gasteiger partial charge in [0, 0.05) is 17.5 Å². The minimum absolute atomic E-state index is 0.414. The van der Waals surface area contributed by atoms with Gasteiger partial charge in [0.2, 0.25) is 0 Å². The van der Waals surface area contributed by atoms with Gasteiger partial charge < -0.3 is 5.32 Å². The zero-order chi connectivity index (χ0) is 8.97. The maximum absolute atomic E-state index is 3.68. The summed E-state index contributed by atoms with van der Waals surface area (Å²) in [5.74, 6) is 0.414. The van der Waals surface area contributed by atoms with Gasteiger partial charge in [0.25, 0.3) is 0 Å². The van der Waals surface area contributed by atoms with Crippen LogP contribution in [0.15, 0.2) is 42.2 Å². The quantitative estimate of drug-likeness (QED) is 0.611. The van der Waals surface area contributed by atoms with E-state index in [9.17, 15) is 0 Å². The van der Waals surface area contributed by atoms with Crippen LogP contribution in [0.1, 0.15) is 6.92 Å². The lowest BCUT2D eigenvalue weighted by atomic mass is 9.89. The normalized spacial score (nSPS) is 23.8. The first-order chi connectivity index (χ1) is 5.79. The van der Waals surface area contributed by atoms with Crippen LogP contribution in [-0.4, -0.2) is 13.1 Å². The summed E-state index contributed by atoms with van der Waals surface area (Å²) in [6.45, 7) is 5.83. The minimum Gasteiger partial charge on any atom is -0.316 e. The van der Waals surface area contributed by atoms with Crippen LogP contribution in [0.3, 0.4) is 0 Å². The number of hydrogen-bond donors (Lipinski definition) is 1. The molecule has 0 spiro atoms. The molecule has 2 atom stereocenters. The van der Waals surface area contributed by atoms with Crippen molar-refractivity contribution in [3.8, 4) is 0 Å². The number of hydrogen-bond acceptors (Lipinski definition) is 1. The molecule has 0 saturated carbocycles. The second kappa shape index (κ2) is 4.10. The number of nitrogens with one attached hydrogen (secondary N) is 1. The highest BCUT2D eigenvalue weighted by Crippen LogP contribution is 2.20. The van der Waals surface area contributed by atoms with E-state index in [0.29, 0.717) is 12.0 Å². The molecule has 2 unspecified atom stereocenters. The van der Waals surface area contributed by atoms with Crippen molar-refractivity contribution in [2.45, 2.75) is 13.0 Å². The third-order valence-electron chi connectivity index (χ3n) is 2.26. The summed E-state index contributed by atoms with van der Waals surface area (Å²) in [6.07, 6.45) is 8.33. The summed E-state index contributed by atoms with van der Waals surface area (Å²) in [7, 11) is 1.97. The molecular weight excluding hydrogens is 146 g/mol. The highest BCUT2D eigenvalue weighted by Gasteiger charge is 2.16. The Hall–Kier alpha value is -1.04. The first kappa shape index (κ1) is 9.05. The van der Waals surface area contributed by atoms with Gasteiger partial charge in [-0.3, -0.25) is 0 Å². The highest BCUT2D eigenvalue weighted by molar-refractivity contribution is 5.33. The molecule has 0 aromatic rings. The fraction of sp³-hybridized carbons (Fsp3) is 0.364. The van der Waals surface area contributed by atoms with E-state index in [-0.39, 0.29) is 0 Å². The van der Waals surface area contributed by atoms with Crippen molar-refractivity contribution in [2.75, 3.05) is 7.05 Å². The molecule has 1 nitrogen and oxygen atoms in total. The van der Waals surface area contributed by atoms with Crippen molar-refractivity contribution < 1.29 is 0 Å². The largest absolute Gasteiger partial charge is 0.316 e. The highest BCUT2D eigenvalue weighted by atomic mass is 14.9. The number of rotatable bonds is 2. The Kier molecular flexibility index (Phi) is 3.09. The fourth-order valence-electron chi connectivity index (χ4n) is 1.35. The average Bonchev–Trinajstić information content (AvgIpc) is 2.16. The van der Waals surface area contributed by atoms with Crippen molar-refractivity contribution in [1.29, 1.82) is 0 Å². The van der Waals surface area contributed by atoms with Gasteiger partial charge >= 0.3 is 0 Å². The lowest BCUT2D eigenvalue weighted by molar-refractivity contribution is 0.522. The lowest BCUT2D eigenvalue weighted by Crippen LogP contribution is -2.30. The standard InChI is InChI=1S/C11H15N/c1-4-10-7-5-6-8-11(10)9(2)12-3/h5-9,11-12H,1H2,2-3H3. The van der Waals surface area contributed by atoms with Crippen molar-refractivity contribution in [3.63, 3.8) is 0 Å². The molecule has 0 aromatic carbocycles. The van der Waals surface area contributed by atoms with E-state index in [0.717, 1.165) is 0 Å². The third kappa shape index (κ3) is 1.76. The number of allylic oxidation sites excluding steroid dienone is 3. The molecule has 1 rings (SSSR count). The second-order valence-corrected chi connectivity index (χ2v) is 2.98. The van der Waals surface area contributed by atoms with Gasteiger partial charge in [-0.1, -0.05) is 30.9 Å². The molecule has 1 aliphatic rings. The van der Waals surface area contributed by atoms with Gasteiger partial charge in [-0.15, -0.1) is 5.73 Å². The van der Waals surface area contributed by atoms with Crippen LogP contribution in [0.25, 0.3) is 0 Å². The van der Waals surface area contributed by atoms with Crippen LogP contribution < -0.4 is 5.32 Å². The SMILES string of the molecule is C=C=C1C=CC=CC1C(C)NC. The Morgan fingerprint density at radius 3 is 2.92 bits per heavy atom. The van der Waals surface area contributed by atoms with Crippen LogP contribution in [0.5, 0.6) is 0 Å².